The van der Waals surface area contributed by atoms with Crippen LogP contribution < -0.4 is 0 Å². The fourth-order valence-electron chi connectivity index (χ4n) is 4.07. The van der Waals surface area contributed by atoms with Gasteiger partial charge in [-0.25, -0.2) is 9.78 Å². The third-order valence-corrected chi connectivity index (χ3v) is 5.87. The fraction of sp³-hybridized carbons (Fsp3) is 0.364. The van der Waals surface area contributed by atoms with Crippen molar-refractivity contribution in [2.24, 2.45) is 0 Å². The van der Waals surface area contributed by atoms with E-state index >= 15 is 0 Å². The number of carbonyl (C=O) groups excluding carboxylic acids is 1. The molecule has 0 radical (unpaired) electrons. The van der Waals surface area contributed by atoms with Crippen LogP contribution >= 0.6 is 23.2 Å². The number of fused-ring (bicyclic) bond motifs is 2. The normalized spacial score (nSPS) is 16.3. The number of amides is 1. The van der Waals surface area contributed by atoms with Crippen LogP contribution in [0.3, 0.4) is 0 Å². The zero-order chi connectivity index (χ0) is 19.7. The Morgan fingerprint density at radius 3 is 2.57 bits per heavy atom. The number of rotatable bonds is 1. The SMILES string of the molecule is CCOC(=O)N1CCC(=C2c3ccc(Cl)cc3CCc3ccc(Cl)nc32)CC1. The molecule has 28 heavy (non-hydrogen) atoms. The van der Waals surface area contributed by atoms with Crippen LogP contribution in [0.15, 0.2) is 35.9 Å². The van der Waals surface area contributed by atoms with Crippen molar-refractivity contribution in [3.8, 4) is 0 Å². The van der Waals surface area contributed by atoms with E-state index in [2.05, 4.69) is 18.2 Å². The second-order valence-electron chi connectivity index (χ2n) is 7.11. The third-order valence-electron chi connectivity index (χ3n) is 5.43. The molecule has 2 heterocycles. The molecule has 4 rings (SSSR count). The van der Waals surface area contributed by atoms with Gasteiger partial charge in [0.05, 0.1) is 12.3 Å². The van der Waals surface area contributed by atoms with E-state index in [1.165, 1.54) is 22.3 Å². The van der Waals surface area contributed by atoms with Gasteiger partial charge in [-0.2, -0.15) is 0 Å². The highest BCUT2D eigenvalue weighted by atomic mass is 35.5. The monoisotopic (exact) mass is 416 g/mol. The van der Waals surface area contributed by atoms with Gasteiger partial charge in [-0.3, -0.25) is 0 Å². The Bertz CT molecular complexity index is 946. The van der Waals surface area contributed by atoms with Crippen LogP contribution in [0.25, 0.3) is 5.57 Å². The zero-order valence-electron chi connectivity index (χ0n) is 15.8. The van der Waals surface area contributed by atoms with E-state index in [0.29, 0.717) is 24.8 Å². The van der Waals surface area contributed by atoms with Crippen LogP contribution in [0, 0.1) is 0 Å². The lowest BCUT2D eigenvalue weighted by atomic mass is 9.88. The molecule has 1 aromatic heterocycles. The number of hydrogen-bond donors (Lipinski definition) is 0. The van der Waals surface area contributed by atoms with Crippen LogP contribution in [-0.4, -0.2) is 35.7 Å². The molecule has 2 aromatic rings. The number of likely N-dealkylation sites (tertiary alicyclic amines) is 1. The van der Waals surface area contributed by atoms with Crippen molar-refractivity contribution in [3.05, 3.63) is 68.5 Å². The van der Waals surface area contributed by atoms with Gasteiger partial charge in [-0.05, 0) is 67.5 Å². The lowest BCUT2D eigenvalue weighted by molar-refractivity contribution is 0.104. The molecule has 146 valence electrons. The van der Waals surface area contributed by atoms with Gasteiger partial charge in [0, 0.05) is 23.7 Å². The van der Waals surface area contributed by atoms with E-state index in [1.54, 1.807) is 4.90 Å². The number of nitrogens with zero attached hydrogens (tertiary/aromatic N) is 2. The zero-order valence-corrected chi connectivity index (χ0v) is 17.3. The van der Waals surface area contributed by atoms with Crippen molar-refractivity contribution in [3.63, 3.8) is 0 Å². The average molecular weight is 417 g/mol. The van der Waals surface area contributed by atoms with Crippen molar-refractivity contribution < 1.29 is 9.53 Å². The molecule has 0 atom stereocenters. The van der Waals surface area contributed by atoms with Gasteiger partial charge in [0.15, 0.2) is 0 Å². The Kier molecular flexibility index (Phi) is 5.61. The lowest BCUT2D eigenvalue weighted by Gasteiger charge is -2.29. The predicted octanol–water partition coefficient (Wildman–Crippen LogP) is 5.54. The number of hydrogen-bond acceptors (Lipinski definition) is 3. The molecule has 2 aliphatic rings. The van der Waals surface area contributed by atoms with E-state index < -0.39 is 0 Å². The smallest absolute Gasteiger partial charge is 0.409 e. The molecule has 0 N–H and O–H groups in total. The maximum atomic E-state index is 12.1. The summed E-state index contributed by atoms with van der Waals surface area (Å²) < 4.78 is 5.15. The molecule has 1 aromatic carbocycles. The number of ether oxygens (including phenoxy) is 1. The van der Waals surface area contributed by atoms with Crippen LogP contribution in [0.2, 0.25) is 10.2 Å². The molecule has 0 spiro atoms. The molecule has 1 fully saturated rings. The molecule has 0 unspecified atom stereocenters. The minimum Gasteiger partial charge on any atom is -0.450 e. The van der Waals surface area contributed by atoms with Crippen molar-refractivity contribution in [1.29, 1.82) is 0 Å². The average Bonchev–Trinajstić information content (AvgIpc) is 2.84. The van der Waals surface area contributed by atoms with Crippen LogP contribution in [0.5, 0.6) is 0 Å². The molecular weight excluding hydrogens is 395 g/mol. The number of piperidine rings is 1. The quantitative estimate of drug-likeness (QED) is 0.572. The predicted molar refractivity (Wildman–Crippen MR) is 112 cm³/mol. The van der Waals surface area contributed by atoms with Gasteiger partial charge in [0.25, 0.3) is 0 Å². The third kappa shape index (κ3) is 3.76. The van der Waals surface area contributed by atoms with Crippen molar-refractivity contribution in [1.82, 2.24) is 9.88 Å². The minimum atomic E-state index is -0.235. The van der Waals surface area contributed by atoms with Crippen molar-refractivity contribution in [2.75, 3.05) is 19.7 Å². The molecule has 0 saturated carbocycles. The van der Waals surface area contributed by atoms with E-state index in [-0.39, 0.29) is 6.09 Å². The summed E-state index contributed by atoms with van der Waals surface area (Å²) in [5.74, 6) is 0. The second kappa shape index (κ2) is 8.14. The largest absolute Gasteiger partial charge is 0.450 e. The Balaban J connectivity index is 1.78. The van der Waals surface area contributed by atoms with E-state index in [4.69, 9.17) is 32.9 Å². The number of aromatic nitrogens is 1. The molecule has 1 aliphatic heterocycles. The molecule has 1 amide bonds. The number of aryl methyl sites for hydroxylation is 2. The summed E-state index contributed by atoms with van der Waals surface area (Å²) in [6, 6.07) is 10.0. The van der Waals surface area contributed by atoms with Gasteiger partial charge in [-0.1, -0.05) is 40.9 Å². The lowest BCUT2D eigenvalue weighted by Crippen LogP contribution is -2.37. The molecular formula is C22H22Cl2N2O2. The first-order valence-electron chi connectivity index (χ1n) is 9.65. The molecule has 1 aliphatic carbocycles. The summed E-state index contributed by atoms with van der Waals surface area (Å²) in [4.78, 5) is 18.5. The molecule has 1 saturated heterocycles. The molecule has 0 bridgehead atoms. The summed E-state index contributed by atoms with van der Waals surface area (Å²) in [5.41, 5.74) is 7.04. The number of halogens is 2. The number of pyridine rings is 1. The van der Waals surface area contributed by atoms with Crippen LogP contribution in [0.4, 0.5) is 4.79 Å². The second-order valence-corrected chi connectivity index (χ2v) is 7.93. The van der Waals surface area contributed by atoms with E-state index in [1.807, 2.05) is 19.1 Å². The number of carbonyl (C=O) groups is 1. The molecule has 4 nitrogen and oxygen atoms in total. The van der Waals surface area contributed by atoms with Gasteiger partial charge < -0.3 is 9.64 Å². The van der Waals surface area contributed by atoms with Gasteiger partial charge in [0.1, 0.15) is 5.15 Å². The maximum absolute atomic E-state index is 12.1. The fourth-order valence-corrected chi connectivity index (χ4v) is 4.42. The maximum Gasteiger partial charge on any atom is 0.409 e. The number of benzene rings is 1. The highest BCUT2D eigenvalue weighted by Gasteiger charge is 2.27. The topological polar surface area (TPSA) is 42.4 Å². The highest BCUT2D eigenvalue weighted by Crippen LogP contribution is 2.39. The Labute approximate surface area is 175 Å². The Morgan fingerprint density at radius 1 is 1.07 bits per heavy atom. The standard InChI is InChI=1S/C22H22Cl2N2O2/c1-2-28-22(27)26-11-9-14(10-12-26)20-18-7-6-17(23)13-16(18)4-3-15-5-8-19(24)25-21(15)20/h5-8,13H,2-4,9-12H2,1H3. The van der Waals surface area contributed by atoms with E-state index in [0.717, 1.165) is 42.0 Å². The van der Waals surface area contributed by atoms with Crippen LogP contribution in [0.1, 0.15) is 42.1 Å². The van der Waals surface area contributed by atoms with Crippen LogP contribution in [-0.2, 0) is 17.6 Å². The summed E-state index contributed by atoms with van der Waals surface area (Å²) in [6.07, 6.45) is 3.17. The van der Waals surface area contributed by atoms with Gasteiger partial charge >= 0.3 is 6.09 Å². The first-order valence-corrected chi connectivity index (χ1v) is 10.4. The Hall–Kier alpha value is -2.04. The van der Waals surface area contributed by atoms with Crippen molar-refractivity contribution in [2.45, 2.75) is 32.6 Å². The van der Waals surface area contributed by atoms with Crippen molar-refractivity contribution >= 4 is 34.9 Å². The minimum absolute atomic E-state index is 0.235. The summed E-state index contributed by atoms with van der Waals surface area (Å²) >= 11 is 12.5. The summed E-state index contributed by atoms with van der Waals surface area (Å²) in [5, 5.41) is 1.25. The Morgan fingerprint density at radius 2 is 1.82 bits per heavy atom. The highest BCUT2D eigenvalue weighted by molar-refractivity contribution is 6.30. The van der Waals surface area contributed by atoms with E-state index in [9.17, 15) is 4.79 Å². The summed E-state index contributed by atoms with van der Waals surface area (Å²) in [6.45, 7) is 3.52. The molecule has 6 heteroatoms. The first-order chi connectivity index (χ1) is 13.6. The summed E-state index contributed by atoms with van der Waals surface area (Å²) in [7, 11) is 0. The van der Waals surface area contributed by atoms with Gasteiger partial charge in [-0.15, -0.1) is 0 Å². The first kappa shape index (κ1) is 19.3. The van der Waals surface area contributed by atoms with Gasteiger partial charge in [0.2, 0.25) is 0 Å².